The van der Waals surface area contributed by atoms with E-state index in [4.69, 9.17) is 21.9 Å². The molecule has 3 rings (SSSR count). The quantitative estimate of drug-likeness (QED) is 0.569. The van der Waals surface area contributed by atoms with E-state index in [1.807, 2.05) is 28.2 Å². The fraction of sp³-hybridized carbons (Fsp3) is 0.182. The number of hydrazine groups is 1. The molecule has 0 radical (unpaired) electrons. The number of fused-ring (bicyclic) bond motifs is 1. The van der Waals surface area contributed by atoms with Gasteiger partial charge in [0, 0.05) is 29.8 Å². The number of nitrogens with two attached hydrogens (primary N) is 1. The van der Waals surface area contributed by atoms with Gasteiger partial charge in [0.15, 0.2) is 10.2 Å². The molecule has 0 aliphatic heterocycles. The minimum Gasteiger partial charge on any atom is -0.453 e. The molecule has 3 aromatic heterocycles. The highest BCUT2D eigenvalue weighted by molar-refractivity contribution is 7.15. The number of rotatable bonds is 4. The Kier molecular flexibility index (Phi) is 3.09. The number of halogens is 1. The van der Waals surface area contributed by atoms with E-state index in [1.54, 1.807) is 17.6 Å². The molecule has 18 heavy (non-hydrogen) atoms. The number of furan rings is 1. The van der Waals surface area contributed by atoms with Crippen LogP contribution in [0.25, 0.3) is 4.96 Å². The number of nitrogens with one attached hydrogen (secondary N) is 1. The molecule has 0 aromatic carbocycles. The first-order chi connectivity index (χ1) is 8.78. The molecule has 0 spiro atoms. The highest BCUT2D eigenvalue weighted by atomic mass is 35.5. The van der Waals surface area contributed by atoms with Crippen LogP contribution in [-0.2, 0) is 6.42 Å². The van der Waals surface area contributed by atoms with Crippen molar-refractivity contribution in [3.05, 3.63) is 46.6 Å². The van der Waals surface area contributed by atoms with Crippen LogP contribution in [0, 0.1) is 0 Å². The van der Waals surface area contributed by atoms with Crippen molar-refractivity contribution >= 4 is 27.9 Å². The second kappa shape index (κ2) is 4.74. The predicted octanol–water partition coefficient (Wildman–Crippen LogP) is 2.39. The fourth-order valence-corrected chi connectivity index (χ4v) is 2.86. The van der Waals surface area contributed by atoms with Crippen molar-refractivity contribution in [2.24, 2.45) is 5.84 Å². The average molecular weight is 283 g/mol. The van der Waals surface area contributed by atoms with E-state index >= 15 is 0 Å². The Labute approximate surface area is 112 Å². The molecule has 0 bridgehead atoms. The van der Waals surface area contributed by atoms with Gasteiger partial charge in [0.05, 0.1) is 18.0 Å². The lowest BCUT2D eigenvalue weighted by Gasteiger charge is -2.12. The zero-order valence-corrected chi connectivity index (χ0v) is 10.9. The third-order valence-corrected chi connectivity index (χ3v) is 3.86. The van der Waals surface area contributed by atoms with Crippen molar-refractivity contribution in [3.8, 4) is 0 Å². The summed E-state index contributed by atoms with van der Waals surface area (Å²) in [6.07, 6.45) is 6.17. The lowest BCUT2D eigenvalue weighted by atomic mass is 10.1. The van der Waals surface area contributed by atoms with Gasteiger partial charge < -0.3 is 4.42 Å². The second-order valence-corrected chi connectivity index (χ2v) is 5.11. The van der Waals surface area contributed by atoms with Crippen molar-refractivity contribution in [2.45, 2.75) is 12.5 Å². The molecule has 0 saturated heterocycles. The number of imidazole rings is 1. The third-order valence-electron chi connectivity index (χ3n) is 2.78. The molecule has 0 amide bonds. The van der Waals surface area contributed by atoms with Crippen molar-refractivity contribution in [1.29, 1.82) is 0 Å². The lowest BCUT2D eigenvalue weighted by molar-refractivity contribution is 0.524. The Hall–Kier alpha value is -1.34. The van der Waals surface area contributed by atoms with Gasteiger partial charge in [0.25, 0.3) is 0 Å². The molecule has 3 N–H and O–H groups in total. The van der Waals surface area contributed by atoms with Gasteiger partial charge in [-0.2, -0.15) is 0 Å². The van der Waals surface area contributed by atoms with Crippen LogP contribution in [0.3, 0.4) is 0 Å². The maximum atomic E-state index is 5.95. The summed E-state index contributed by atoms with van der Waals surface area (Å²) in [4.78, 5) is 5.48. The maximum Gasteiger partial charge on any atom is 0.197 e. The molecule has 5 nitrogen and oxygen atoms in total. The van der Waals surface area contributed by atoms with Crippen molar-refractivity contribution in [3.63, 3.8) is 0 Å². The molecule has 3 heterocycles. The molecule has 1 atom stereocenters. The Bertz CT molecular complexity index is 630. The Morgan fingerprint density at radius 2 is 2.50 bits per heavy atom. The van der Waals surface area contributed by atoms with Gasteiger partial charge in [-0.05, 0) is 17.7 Å². The molecule has 0 aliphatic carbocycles. The SMILES string of the molecule is NNC(Cc1cn2ccsc2n1)c1ccoc1Cl. The fourth-order valence-electron chi connectivity index (χ4n) is 1.90. The standard InChI is InChI=1S/C11H11ClN4OS/c12-10-8(1-3-17-10)9(15-13)5-7-6-16-2-4-18-11(16)14-7/h1-4,6,9,15H,5,13H2. The van der Waals surface area contributed by atoms with E-state index in [0.717, 1.165) is 16.2 Å². The van der Waals surface area contributed by atoms with Gasteiger partial charge in [-0.25, -0.2) is 4.98 Å². The molecule has 94 valence electrons. The topological polar surface area (TPSA) is 68.5 Å². The van der Waals surface area contributed by atoms with E-state index in [2.05, 4.69) is 10.4 Å². The zero-order chi connectivity index (χ0) is 12.5. The maximum absolute atomic E-state index is 5.95. The molecule has 1 unspecified atom stereocenters. The molecule has 0 fully saturated rings. The van der Waals surface area contributed by atoms with Crippen LogP contribution in [-0.4, -0.2) is 9.38 Å². The summed E-state index contributed by atoms with van der Waals surface area (Å²) in [6.45, 7) is 0. The molecule has 3 aromatic rings. The smallest absolute Gasteiger partial charge is 0.197 e. The van der Waals surface area contributed by atoms with Crippen molar-refractivity contribution < 1.29 is 4.42 Å². The largest absolute Gasteiger partial charge is 0.453 e. The predicted molar refractivity (Wildman–Crippen MR) is 70.6 cm³/mol. The monoisotopic (exact) mass is 282 g/mol. The lowest BCUT2D eigenvalue weighted by Crippen LogP contribution is -2.29. The van der Waals surface area contributed by atoms with Crippen molar-refractivity contribution in [2.75, 3.05) is 0 Å². The van der Waals surface area contributed by atoms with Crippen LogP contribution >= 0.6 is 22.9 Å². The number of nitrogens with zero attached hydrogens (tertiary/aromatic N) is 2. The molecular weight excluding hydrogens is 272 g/mol. The van der Waals surface area contributed by atoms with Crippen molar-refractivity contribution in [1.82, 2.24) is 14.8 Å². The Morgan fingerprint density at radius 3 is 3.17 bits per heavy atom. The first-order valence-electron chi connectivity index (χ1n) is 5.38. The Balaban J connectivity index is 1.86. The normalized spacial score (nSPS) is 13.2. The molecule has 7 heteroatoms. The van der Waals surface area contributed by atoms with E-state index in [9.17, 15) is 0 Å². The van der Waals surface area contributed by atoms with E-state index in [0.29, 0.717) is 11.6 Å². The van der Waals surface area contributed by atoms with E-state index in [1.165, 1.54) is 0 Å². The average Bonchev–Trinajstić information content (AvgIpc) is 3.01. The van der Waals surface area contributed by atoms with Gasteiger partial charge in [-0.1, -0.05) is 0 Å². The number of aromatic nitrogens is 2. The van der Waals surface area contributed by atoms with Gasteiger partial charge in [-0.3, -0.25) is 15.7 Å². The summed E-state index contributed by atoms with van der Waals surface area (Å²) in [6, 6.07) is 1.70. The second-order valence-electron chi connectivity index (χ2n) is 3.90. The van der Waals surface area contributed by atoms with Crippen LogP contribution in [0.15, 0.2) is 34.5 Å². The molecule has 0 aliphatic rings. The molecular formula is C11H11ClN4OS. The first kappa shape index (κ1) is 11.7. The zero-order valence-electron chi connectivity index (χ0n) is 9.34. The van der Waals surface area contributed by atoms with E-state index < -0.39 is 0 Å². The highest BCUT2D eigenvalue weighted by Gasteiger charge is 2.17. The van der Waals surface area contributed by atoms with Crippen LogP contribution in [0.1, 0.15) is 17.3 Å². The Morgan fingerprint density at radius 1 is 1.61 bits per heavy atom. The van der Waals surface area contributed by atoms with Crippen LogP contribution in [0.2, 0.25) is 5.22 Å². The summed E-state index contributed by atoms with van der Waals surface area (Å²) in [5.74, 6) is 5.57. The van der Waals surface area contributed by atoms with E-state index in [-0.39, 0.29) is 6.04 Å². The number of thiazole rings is 1. The van der Waals surface area contributed by atoms with Gasteiger partial charge in [0.2, 0.25) is 0 Å². The highest BCUT2D eigenvalue weighted by Crippen LogP contribution is 2.26. The third kappa shape index (κ3) is 2.04. The van der Waals surface area contributed by atoms with Gasteiger partial charge >= 0.3 is 0 Å². The first-order valence-corrected chi connectivity index (χ1v) is 6.64. The number of hydrogen-bond donors (Lipinski definition) is 2. The molecule has 0 saturated carbocycles. The van der Waals surface area contributed by atoms with Gasteiger partial charge in [0.1, 0.15) is 0 Å². The minimum atomic E-state index is -0.110. The van der Waals surface area contributed by atoms with Crippen LogP contribution < -0.4 is 11.3 Å². The van der Waals surface area contributed by atoms with Crippen LogP contribution in [0.4, 0.5) is 0 Å². The summed E-state index contributed by atoms with van der Waals surface area (Å²) in [5.41, 5.74) is 4.54. The number of hydrogen-bond acceptors (Lipinski definition) is 5. The summed E-state index contributed by atoms with van der Waals surface area (Å²) in [5, 5.41) is 2.36. The summed E-state index contributed by atoms with van der Waals surface area (Å²) >= 11 is 7.55. The summed E-state index contributed by atoms with van der Waals surface area (Å²) in [7, 11) is 0. The summed E-state index contributed by atoms with van der Waals surface area (Å²) < 4.78 is 7.07. The minimum absolute atomic E-state index is 0.110. The van der Waals surface area contributed by atoms with Crippen LogP contribution in [0.5, 0.6) is 0 Å². The van der Waals surface area contributed by atoms with Gasteiger partial charge in [-0.15, -0.1) is 11.3 Å².